The van der Waals surface area contributed by atoms with Crippen LogP contribution in [0.5, 0.6) is 5.75 Å². The molecule has 0 heterocycles. The Balaban J connectivity index is 2.64. The molecule has 88 valence electrons. The topological polar surface area (TPSA) is 20.2 Å². The molecule has 1 nitrogen and oxygen atoms in total. The summed E-state index contributed by atoms with van der Waals surface area (Å²) in [5, 5.41) is 9.92. The fourth-order valence-electron chi connectivity index (χ4n) is 2.29. The molecule has 2 aromatic rings. The third-order valence-corrected chi connectivity index (χ3v) is 3.19. The molecule has 1 N–H and O–H groups in total. The lowest BCUT2D eigenvalue weighted by atomic mass is 9.93. The van der Waals surface area contributed by atoms with Crippen LogP contribution in [0.2, 0.25) is 0 Å². The molecule has 2 aromatic carbocycles. The average molecular weight is 226 g/mol. The lowest BCUT2D eigenvalue weighted by molar-refractivity contribution is 0.469. The van der Waals surface area contributed by atoms with Crippen LogP contribution in [-0.4, -0.2) is 5.11 Å². The summed E-state index contributed by atoms with van der Waals surface area (Å²) in [5.74, 6) is 0.399. The molecule has 0 bridgehead atoms. The van der Waals surface area contributed by atoms with Gasteiger partial charge in [-0.1, -0.05) is 50.2 Å². The minimum absolute atomic E-state index is 0.399. The Hall–Kier alpha value is -1.76. The summed E-state index contributed by atoms with van der Waals surface area (Å²) in [6, 6.07) is 14.2. The lowest BCUT2D eigenvalue weighted by Crippen LogP contribution is -1.92. The van der Waals surface area contributed by atoms with E-state index in [0.717, 1.165) is 24.0 Å². The number of rotatable bonds is 3. The minimum Gasteiger partial charge on any atom is -0.508 e. The highest BCUT2D eigenvalue weighted by atomic mass is 16.3. The third kappa shape index (κ3) is 2.19. The summed E-state index contributed by atoms with van der Waals surface area (Å²) in [4.78, 5) is 0. The molecule has 0 aromatic heterocycles. The average Bonchev–Trinajstić information content (AvgIpc) is 2.38. The molecule has 0 atom stereocenters. The predicted octanol–water partition coefficient (Wildman–Crippen LogP) is 4.18. The van der Waals surface area contributed by atoms with E-state index in [1.54, 1.807) is 6.07 Å². The van der Waals surface area contributed by atoms with Gasteiger partial charge in [-0.2, -0.15) is 0 Å². The van der Waals surface area contributed by atoms with E-state index in [4.69, 9.17) is 0 Å². The second-order valence-corrected chi connectivity index (χ2v) is 4.17. The predicted molar refractivity (Wildman–Crippen MR) is 72.3 cm³/mol. The van der Waals surface area contributed by atoms with Crippen molar-refractivity contribution in [1.82, 2.24) is 0 Å². The Morgan fingerprint density at radius 2 is 1.53 bits per heavy atom. The van der Waals surface area contributed by atoms with Crippen molar-refractivity contribution < 1.29 is 5.11 Å². The molecule has 0 amide bonds. The van der Waals surface area contributed by atoms with E-state index >= 15 is 0 Å². The normalized spacial score (nSPS) is 10.5. The van der Waals surface area contributed by atoms with Crippen LogP contribution in [0.1, 0.15) is 25.0 Å². The van der Waals surface area contributed by atoms with Gasteiger partial charge in [-0.3, -0.25) is 0 Å². The summed E-state index contributed by atoms with van der Waals surface area (Å²) in [6.07, 6.45) is 1.86. The first-order valence-corrected chi connectivity index (χ1v) is 6.17. The van der Waals surface area contributed by atoms with E-state index in [2.05, 4.69) is 44.2 Å². The fraction of sp³-hybridized carbons (Fsp3) is 0.250. The standard InChI is InChI=1S/C16H18O/c1-3-12-8-5-6-9-14(12)15-10-7-11-16(17)13(15)4-2/h5-11,17H,3-4H2,1-2H3. The van der Waals surface area contributed by atoms with Crippen molar-refractivity contribution in [2.75, 3.05) is 0 Å². The Morgan fingerprint density at radius 3 is 2.24 bits per heavy atom. The molecule has 0 aliphatic heterocycles. The van der Waals surface area contributed by atoms with Gasteiger partial charge in [0.1, 0.15) is 5.75 Å². The number of phenols is 1. The van der Waals surface area contributed by atoms with Gasteiger partial charge in [0.25, 0.3) is 0 Å². The fourth-order valence-corrected chi connectivity index (χ4v) is 2.29. The molecule has 0 fully saturated rings. The number of hydrogen-bond donors (Lipinski definition) is 1. The van der Waals surface area contributed by atoms with E-state index in [-0.39, 0.29) is 0 Å². The summed E-state index contributed by atoms with van der Waals surface area (Å²) >= 11 is 0. The molecule has 2 rings (SSSR count). The van der Waals surface area contributed by atoms with Crippen molar-refractivity contribution in [3.8, 4) is 16.9 Å². The SMILES string of the molecule is CCc1ccccc1-c1cccc(O)c1CC. The van der Waals surface area contributed by atoms with Crippen molar-refractivity contribution in [2.24, 2.45) is 0 Å². The van der Waals surface area contributed by atoms with Gasteiger partial charge in [-0.25, -0.2) is 0 Å². The summed E-state index contributed by atoms with van der Waals surface area (Å²) in [7, 11) is 0. The van der Waals surface area contributed by atoms with Crippen molar-refractivity contribution in [2.45, 2.75) is 26.7 Å². The third-order valence-electron chi connectivity index (χ3n) is 3.19. The van der Waals surface area contributed by atoms with Crippen molar-refractivity contribution in [1.29, 1.82) is 0 Å². The van der Waals surface area contributed by atoms with Crippen LogP contribution in [0.4, 0.5) is 0 Å². The van der Waals surface area contributed by atoms with Gasteiger partial charge in [0.2, 0.25) is 0 Å². The lowest BCUT2D eigenvalue weighted by Gasteiger charge is -2.13. The Bertz CT molecular complexity index is 515. The van der Waals surface area contributed by atoms with Gasteiger partial charge in [-0.15, -0.1) is 0 Å². The zero-order valence-corrected chi connectivity index (χ0v) is 10.4. The summed E-state index contributed by atoms with van der Waals surface area (Å²) in [5.41, 5.74) is 4.76. The van der Waals surface area contributed by atoms with Crippen LogP contribution >= 0.6 is 0 Å². The maximum Gasteiger partial charge on any atom is 0.119 e. The Kier molecular flexibility index (Phi) is 3.48. The molecule has 0 spiro atoms. The van der Waals surface area contributed by atoms with Gasteiger partial charge in [0.05, 0.1) is 0 Å². The largest absolute Gasteiger partial charge is 0.508 e. The maximum atomic E-state index is 9.92. The molecule has 0 radical (unpaired) electrons. The van der Waals surface area contributed by atoms with Gasteiger partial charge >= 0.3 is 0 Å². The summed E-state index contributed by atoms with van der Waals surface area (Å²) in [6.45, 7) is 4.24. The zero-order valence-electron chi connectivity index (χ0n) is 10.4. The number of benzene rings is 2. The van der Waals surface area contributed by atoms with Crippen LogP contribution in [0.25, 0.3) is 11.1 Å². The second kappa shape index (κ2) is 5.05. The molecule has 0 aliphatic carbocycles. The van der Waals surface area contributed by atoms with E-state index in [0.29, 0.717) is 5.75 Å². The molecule has 0 unspecified atom stereocenters. The molecular formula is C16H18O. The molecule has 17 heavy (non-hydrogen) atoms. The molecule has 0 saturated carbocycles. The summed E-state index contributed by atoms with van der Waals surface area (Å²) < 4.78 is 0. The van der Waals surface area contributed by atoms with Gasteiger partial charge in [-0.05, 0) is 35.6 Å². The number of aromatic hydroxyl groups is 1. The Morgan fingerprint density at radius 1 is 0.824 bits per heavy atom. The highest BCUT2D eigenvalue weighted by Gasteiger charge is 2.10. The molecular weight excluding hydrogens is 208 g/mol. The first-order chi connectivity index (χ1) is 8.27. The highest BCUT2D eigenvalue weighted by molar-refractivity contribution is 5.72. The van der Waals surface area contributed by atoms with Crippen LogP contribution in [0.15, 0.2) is 42.5 Å². The van der Waals surface area contributed by atoms with Crippen molar-refractivity contribution in [3.63, 3.8) is 0 Å². The van der Waals surface area contributed by atoms with Gasteiger partial charge in [0, 0.05) is 5.56 Å². The van der Waals surface area contributed by atoms with E-state index in [9.17, 15) is 5.11 Å². The molecule has 0 saturated heterocycles. The van der Waals surface area contributed by atoms with Crippen molar-refractivity contribution >= 4 is 0 Å². The van der Waals surface area contributed by atoms with Gasteiger partial charge in [0.15, 0.2) is 0 Å². The molecule has 1 heteroatoms. The van der Waals surface area contributed by atoms with E-state index in [1.807, 2.05) is 6.07 Å². The zero-order chi connectivity index (χ0) is 12.3. The van der Waals surface area contributed by atoms with Gasteiger partial charge < -0.3 is 5.11 Å². The smallest absolute Gasteiger partial charge is 0.119 e. The number of hydrogen-bond acceptors (Lipinski definition) is 1. The monoisotopic (exact) mass is 226 g/mol. The van der Waals surface area contributed by atoms with Crippen LogP contribution in [0, 0.1) is 0 Å². The van der Waals surface area contributed by atoms with Crippen LogP contribution in [-0.2, 0) is 12.8 Å². The second-order valence-electron chi connectivity index (χ2n) is 4.17. The number of phenolic OH excluding ortho intramolecular Hbond substituents is 1. The number of aryl methyl sites for hydroxylation is 1. The maximum absolute atomic E-state index is 9.92. The highest BCUT2D eigenvalue weighted by Crippen LogP contribution is 2.32. The first-order valence-electron chi connectivity index (χ1n) is 6.17. The first kappa shape index (κ1) is 11.7. The van der Waals surface area contributed by atoms with Crippen molar-refractivity contribution in [3.05, 3.63) is 53.6 Å². The van der Waals surface area contributed by atoms with E-state index < -0.39 is 0 Å². The van der Waals surface area contributed by atoms with E-state index in [1.165, 1.54) is 11.1 Å². The van der Waals surface area contributed by atoms with Crippen LogP contribution in [0.3, 0.4) is 0 Å². The molecule has 0 aliphatic rings. The Labute approximate surface area is 103 Å². The quantitative estimate of drug-likeness (QED) is 0.832. The minimum atomic E-state index is 0.399. The van der Waals surface area contributed by atoms with Crippen LogP contribution < -0.4 is 0 Å².